The van der Waals surface area contributed by atoms with Crippen molar-refractivity contribution in [2.45, 2.75) is 6.92 Å². The Hall–Kier alpha value is -1.64. The third-order valence-corrected chi connectivity index (χ3v) is 1.65. The van der Waals surface area contributed by atoms with Gasteiger partial charge in [-0.05, 0) is 18.2 Å². The van der Waals surface area contributed by atoms with E-state index in [1.807, 2.05) is 0 Å². The number of hydrogen-bond donors (Lipinski definition) is 0. The highest BCUT2D eigenvalue weighted by Gasteiger charge is 2.01. The van der Waals surface area contributed by atoms with E-state index in [9.17, 15) is 4.79 Å². The van der Waals surface area contributed by atoms with Gasteiger partial charge in [0.05, 0.1) is 0 Å². The Labute approximate surface area is 69.0 Å². The van der Waals surface area contributed by atoms with Crippen LogP contribution in [0.2, 0.25) is 0 Å². The zero-order chi connectivity index (χ0) is 8.55. The minimum atomic E-state index is 0.619. The summed E-state index contributed by atoms with van der Waals surface area (Å²) in [6.45, 7) is 1.78. The molecule has 0 amide bonds. The first-order valence-electron chi connectivity index (χ1n) is 3.62. The number of carbonyl (C=O) groups excluding carboxylic acids is 1. The number of hydrogen-bond acceptors (Lipinski definition) is 3. The highest BCUT2D eigenvalue weighted by molar-refractivity contribution is 5.83. The van der Waals surface area contributed by atoms with E-state index in [-0.39, 0.29) is 0 Å². The second-order valence-electron chi connectivity index (χ2n) is 2.58. The maximum atomic E-state index is 10.4. The van der Waals surface area contributed by atoms with Crippen LogP contribution in [0.25, 0.3) is 11.1 Å². The first-order chi connectivity index (χ1) is 5.79. The fourth-order valence-electron chi connectivity index (χ4n) is 1.13. The minimum Gasteiger partial charge on any atom is -0.441 e. The van der Waals surface area contributed by atoms with Gasteiger partial charge >= 0.3 is 0 Å². The van der Waals surface area contributed by atoms with Crippen molar-refractivity contribution < 1.29 is 9.21 Å². The molecule has 0 unspecified atom stereocenters. The summed E-state index contributed by atoms with van der Waals surface area (Å²) >= 11 is 0. The van der Waals surface area contributed by atoms with E-state index in [1.54, 1.807) is 25.1 Å². The highest BCUT2D eigenvalue weighted by atomic mass is 16.3. The van der Waals surface area contributed by atoms with Crippen molar-refractivity contribution >= 4 is 17.4 Å². The van der Waals surface area contributed by atoms with Crippen molar-refractivity contribution in [1.82, 2.24) is 4.98 Å². The monoisotopic (exact) mass is 161 g/mol. The molecule has 0 aliphatic carbocycles. The molecule has 60 valence electrons. The lowest BCUT2D eigenvalue weighted by molar-refractivity contribution is 0.112. The molecule has 0 bridgehead atoms. The molecule has 3 heteroatoms. The quantitative estimate of drug-likeness (QED) is 0.600. The van der Waals surface area contributed by atoms with E-state index in [0.717, 1.165) is 17.4 Å². The molecule has 2 aromatic rings. The van der Waals surface area contributed by atoms with Gasteiger partial charge in [-0.15, -0.1) is 0 Å². The van der Waals surface area contributed by atoms with Gasteiger partial charge in [0.1, 0.15) is 11.8 Å². The van der Waals surface area contributed by atoms with Gasteiger partial charge in [0, 0.05) is 12.5 Å². The predicted octanol–water partition coefficient (Wildman–Crippen LogP) is 1.95. The fourth-order valence-corrected chi connectivity index (χ4v) is 1.13. The number of aryl methyl sites for hydroxylation is 1. The molecule has 0 atom stereocenters. The third kappa shape index (κ3) is 0.993. The summed E-state index contributed by atoms with van der Waals surface area (Å²) in [5, 5.41) is 0. The van der Waals surface area contributed by atoms with Gasteiger partial charge in [0.25, 0.3) is 0 Å². The van der Waals surface area contributed by atoms with Crippen molar-refractivity contribution in [3.05, 3.63) is 29.7 Å². The Balaban J connectivity index is 2.74. The molecule has 0 N–H and O–H groups in total. The molecule has 0 spiro atoms. The maximum Gasteiger partial charge on any atom is 0.192 e. The normalized spacial score (nSPS) is 10.4. The van der Waals surface area contributed by atoms with E-state index in [4.69, 9.17) is 4.42 Å². The number of nitrogens with zero attached hydrogens (tertiary/aromatic N) is 1. The number of aromatic nitrogens is 1. The van der Waals surface area contributed by atoms with Crippen LogP contribution in [0.5, 0.6) is 0 Å². The van der Waals surface area contributed by atoms with Gasteiger partial charge in [-0.3, -0.25) is 4.79 Å². The number of carbonyl (C=O) groups is 1. The van der Waals surface area contributed by atoms with Crippen LogP contribution in [0, 0.1) is 6.92 Å². The average Bonchev–Trinajstić information content (AvgIpc) is 2.43. The Morgan fingerprint density at radius 2 is 2.33 bits per heavy atom. The molecule has 0 radical (unpaired) electrons. The van der Waals surface area contributed by atoms with Gasteiger partial charge in [-0.25, -0.2) is 4.98 Å². The topological polar surface area (TPSA) is 43.1 Å². The van der Waals surface area contributed by atoms with Crippen LogP contribution < -0.4 is 0 Å². The molecule has 0 aliphatic rings. The fraction of sp³-hybridized carbons (Fsp3) is 0.111. The van der Waals surface area contributed by atoms with Crippen molar-refractivity contribution in [2.75, 3.05) is 0 Å². The van der Waals surface area contributed by atoms with E-state index < -0.39 is 0 Å². The molecule has 1 aromatic carbocycles. The SMILES string of the molecule is Cc1nc2cc(C=O)ccc2o1. The summed E-state index contributed by atoms with van der Waals surface area (Å²) in [7, 11) is 0. The van der Waals surface area contributed by atoms with Crippen molar-refractivity contribution in [1.29, 1.82) is 0 Å². The largest absolute Gasteiger partial charge is 0.441 e. The molecule has 1 aromatic heterocycles. The van der Waals surface area contributed by atoms with Gasteiger partial charge in [0.2, 0.25) is 0 Å². The van der Waals surface area contributed by atoms with Gasteiger partial charge in [0.15, 0.2) is 11.5 Å². The average molecular weight is 161 g/mol. The first kappa shape index (κ1) is 7.03. The van der Waals surface area contributed by atoms with Crippen molar-refractivity contribution in [3.8, 4) is 0 Å². The zero-order valence-corrected chi connectivity index (χ0v) is 6.57. The van der Waals surface area contributed by atoms with Crippen LogP contribution in [0.1, 0.15) is 16.2 Å². The minimum absolute atomic E-state index is 0.619. The smallest absolute Gasteiger partial charge is 0.192 e. The number of fused-ring (bicyclic) bond motifs is 1. The van der Waals surface area contributed by atoms with Crippen molar-refractivity contribution in [2.24, 2.45) is 0 Å². The molecule has 12 heavy (non-hydrogen) atoms. The first-order valence-corrected chi connectivity index (χ1v) is 3.62. The Morgan fingerprint density at radius 1 is 1.50 bits per heavy atom. The summed E-state index contributed by atoms with van der Waals surface area (Å²) < 4.78 is 5.24. The Morgan fingerprint density at radius 3 is 3.08 bits per heavy atom. The molecule has 3 nitrogen and oxygen atoms in total. The Kier molecular flexibility index (Phi) is 1.43. The van der Waals surface area contributed by atoms with Crippen LogP contribution in [0.3, 0.4) is 0 Å². The molecule has 0 aliphatic heterocycles. The summed E-state index contributed by atoms with van der Waals surface area (Å²) in [5.41, 5.74) is 2.08. The van der Waals surface area contributed by atoms with E-state index >= 15 is 0 Å². The van der Waals surface area contributed by atoms with E-state index in [0.29, 0.717) is 11.5 Å². The van der Waals surface area contributed by atoms with Crippen LogP contribution >= 0.6 is 0 Å². The number of rotatable bonds is 1. The molecule has 0 saturated carbocycles. The maximum absolute atomic E-state index is 10.4. The number of oxazole rings is 1. The van der Waals surface area contributed by atoms with Gasteiger partial charge in [-0.1, -0.05) is 0 Å². The number of aldehydes is 1. The highest BCUT2D eigenvalue weighted by Crippen LogP contribution is 2.15. The summed E-state index contributed by atoms with van der Waals surface area (Å²) in [4.78, 5) is 14.5. The van der Waals surface area contributed by atoms with Crippen molar-refractivity contribution in [3.63, 3.8) is 0 Å². The summed E-state index contributed by atoms with van der Waals surface area (Å²) in [6, 6.07) is 5.16. The lowest BCUT2D eigenvalue weighted by Crippen LogP contribution is -1.77. The second-order valence-corrected chi connectivity index (χ2v) is 2.58. The lowest BCUT2D eigenvalue weighted by atomic mass is 10.2. The molecular weight excluding hydrogens is 154 g/mol. The van der Waals surface area contributed by atoms with E-state index in [2.05, 4.69) is 4.98 Å². The van der Waals surface area contributed by atoms with Gasteiger partial charge < -0.3 is 4.42 Å². The third-order valence-electron chi connectivity index (χ3n) is 1.65. The van der Waals surface area contributed by atoms with Crippen LogP contribution in [0.4, 0.5) is 0 Å². The molecule has 0 fully saturated rings. The molecular formula is C9H7NO2. The molecule has 1 heterocycles. The molecule has 2 rings (SSSR count). The van der Waals surface area contributed by atoms with Crippen LogP contribution in [-0.2, 0) is 0 Å². The summed E-state index contributed by atoms with van der Waals surface area (Å²) in [6.07, 6.45) is 0.795. The second kappa shape index (κ2) is 2.44. The number of benzene rings is 1. The summed E-state index contributed by atoms with van der Waals surface area (Å²) in [5.74, 6) is 0.619. The lowest BCUT2D eigenvalue weighted by Gasteiger charge is -1.86. The van der Waals surface area contributed by atoms with E-state index in [1.165, 1.54) is 0 Å². The Bertz CT molecular complexity index is 431. The predicted molar refractivity (Wildman–Crippen MR) is 44.1 cm³/mol. The zero-order valence-electron chi connectivity index (χ0n) is 6.57. The van der Waals surface area contributed by atoms with Crippen LogP contribution in [0.15, 0.2) is 22.6 Å². The van der Waals surface area contributed by atoms with Gasteiger partial charge in [-0.2, -0.15) is 0 Å². The standard InChI is InChI=1S/C9H7NO2/c1-6-10-8-4-7(5-11)2-3-9(8)12-6/h2-5H,1H3. The molecule has 0 saturated heterocycles. The van der Waals surface area contributed by atoms with Crippen LogP contribution in [-0.4, -0.2) is 11.3 Å².